The lowest BCUT2D eigenvalue weighted by Gasteiger charge is -2.36. The van der Waals surface area contributed by atoms with Crippen LogP contribution in [0.3, 0.4) is 0 Å². The van der Waals surface area contributed by atoms with Crippen LogP contribution in [0.4, 0.5) is 5.69 Å². The molecule has 0 saturated carbocycles. The number of carbonyl (C=O) groups is 2. The Labute approximate surface area is 133 Å². The number of para-hydroxylation sites is 1. The third kappa shape index (κ3) is 2.10. The van der Waals surface area contributed by atoms with Crippen molar-refractivity contribution in [3.63, 3.8) is 0 Å². The molecule has 0 fully saturated rings. The van der Waals surface area contributed by atoms with Gasteiger partial charge in [0.15, 0.2) is 6.29 Å². The lowest BCUT2D eigenvalue weighted by molar-refractivity contribution is -0.136. The van der Waals surface area contributed by atoms with Crippen LogP contribution >= 0.6 is 0 Å². The summed E-state index contributed by atoms with van der Waals surface area (Å²) in [5, 5.41) is 11.2. The number of carbonyl (C=O) groups excluding carboxylic acids is 2. The summed E-state index contributed by atoms with van der Waals surface area (Å²) in [5.74, 6) is -0.979. The predicted octanol–water partition coefficient (Wildman–Crippen LogP) is 2.35. The van der Waals surface area contributed by atoms with Crippen LogP contribution in [0.15, 0.2) is 51.8 Å². The number of nitrogens with zero attached hydrogens (tertiary/aromatic N) is 2. The highest BCUT2D eigenvalue weighted by molar-refractivity contribution is 6.11. The van der Waals surface area contributed by atoms with Crippen molar-refractivity contribution in [1.29, 1.82) is 0 Å². The highest BCUT2D eigenvalue weighted by Gasteiger charge is 2.41. The van der Waals surface area contributed by atoms with Crippen LogP contribution in [0.25, 0.3) is 0 Å². The van der Waals surface area contributed by atoms with E-state index in [1.54, 1.807) is 26.0 Å². The van der Waals surface area contributed by atoms with Crippen LogP contribution in [0, 0.1) is 0 Å². The molecule has 0 aliphatic carbocycles. The molecule has 1 aromatic carbocycles. The van der Waals surface area contributed by atoms with Crippen LogP contribution in [-0.4, -0.2) is 30.3 Å². The summed E-state index contributed by atoms with van der Waals surface area (Å²) < 4.78 is 4.90. The lowest BCUT2D eigenvalue weighted by Crippen LogP contribution is -2.34. The number of ether oxygens (including phenoxy) is 1. The Morgan fingerprint density at radius 1 is 1.35 bits per heavy atom. The quantitative estimate of drug-likeness (QED) is 0.670. The van der Waals surface area contributed by atoms with E-state index in [0.717, 1.165) is 10.6 Å². The Morgan fingerprint density at radius 3 is 2.70 bits per heavy atom. The molecule has 0 spiro atoms. The van der Waals surface area contributed by atoms with E-state index in [-0.39, 0.29) is 5.70 Å². The van der Waals surface area contributed by atoms with Gasteiger partial charge in [0, 0.05) is 22.9 Å². The van der Waals surface area contributed by atoms with E-state index in [9.17, 15) is 14.8 Å². The molecule has 1 atom stereocenters. The highest BCUT2D eigenvalue weighted by atomic mass is 16.5. The van der Waals surface area contributed by atoms with Gasteiger partial charge in [-0.1, -0.05) is 18.2 Å². The number of aldehydes is 1. The molecular weight excluding hydrogens is 296 g/mol. The minimum absolute atomic E-state index is 0.0869. The van der Waals surface area contributed by atoms with Crippen LogP contribution < -0.4 is 5.06 Å². The summed E-state index contributed by atoms with van der Waals surface area (Å²) in [4.78, 5) is 28.2. The van der Waals surface area contributed by atoms with Crippen molar-refractivity contribution in [3.05, 3.63) is 52.4 Å². The molecule has 2 aliphatic heterocycles. The number of hydrogen-bond acceptors (Lipinski definition) is 6. The summed E-state index contributed by atoms with van der Waals surface area (Å²) in [7, 11) is 1.31. The topological polar surface area (TPSA) is 79.2 Å². The Morgan fingerprint density at radius 2 is 2.04 bits per heavy atom. The van der Waals surface area contributed by atoms with E-state index in [4.69, 9.17) is 4.74 Å². The number of rotatable bonds is 2. The molecule has 3 rings (SSSR count). The summed E-state index contributed by atoms with van der Waals surface area (Å²) in [5.41, 5.74) is 3.33. The minimum Gasteiger partial charge on any atom is -0.466 e. The van der Waals surface area contributed by atoms with Gasteiger partial charge in [-0.25, -0.2) is 9.86 Å². The molecule has 0 amide bonds. The zero-order chi connectivity index (χ0) is 16.7. The first-order chi connectivity index (χ1) is 11.0. The Hall–Kier alpha value is -2.73. The highest BCUT2D eigenvalue weighted by Crippen LogP contribution is 2.47. The first-order valence-electron chi connectivity index (χ1n) is 7.13. The smallest absolute Gasteiger partial charge is 0.336 e. The normalized spacial score (nSPS) is 19.9. The van der Waals surface area contributed by atoms with Gasteiger partial charge in [-0.05, 0) is 25.5 Å². The van der Waals surface area contributed by atoms with Gasteiger partial charge in [0.25, 0.3) is 0 Å². The van der Waals surface area contributed by atoms with Gasteiger partial charge in [0.1, 0.15) is 5.70 Å². The second-order valence-corrected chi connectivity index (χ2v) is 5.41. The van der Waals surface area contributed by atoms with Crippen molar-refractivity contribution in [1.82, 2.24) is 0 Å². The molecule has 6 nitrogen and oxygen atoms in total. The molecule has 23 heavy (non-hydrogen) atoms. The van der Waals surface area contributed by atoms with Crippen molar-refractivity contribution in [3.8, 4) is 0 Å². The largest absolute Gasteiger partial charge is 0.466 e. The Bertz CT molecular complexity index is 805. The van der Waals surface area contributed by atoms with Gasteiger partial charge in [0.2, 0.25) is 0 Å². The molecule has 1 unspecified atom stereocenters. The fourth-order valence-electron chi connectivity index (χ4n) is 3.24. The van der Waals surface area contributed by atoms with Crippen LogP contribution in [0.5, 0.6) is 0 Å². The average Bonchev–Trinajstić information content (AvgIpc) is 2.55. The second-order valence-electron chi connectivity index (χ2n) is 5.41. The van der Waals surface area contributed by atoms with E-state index in [1.807, 2.05) is 12.1 Å². The number of hydroxylamine groups is 1. The molecule has 2 aliphatic rings. The number of anilines is 1. The molecule has 2 heterocycles. The van der Waals surface area contributed by atoms with Crippen LogP contribution in [0.1, 0.15) is 25.3 Å². The number of aliphatic imine (C=N–C) groups is 1. The van der Waals surface area contributed by atoms with Gasteiger partial charge < -0.3 is 4.74 Å². The minimum atomic E-state index is -0.493. The fraction of sp³-hybridized carbons (Fsp3) is 0.235. The van der Waals surface area contributed by atoms with Crippen molar-refractivity contribution < 1.29 is 19.5 Å². The van der Waals surface area contributed by atoms with Gasteiger partial charge in [-0.15, -0.1) is 0 Å². The summed E-state index contributed by atoms with van der Waals surface area (Å²) in [6.07, 6.45) is 0.576. The molecule has 1 aromatic rings. The SMILES string of the molecule is COC(=O)C1=C(C)N=C(C)C2=C(C=O)N(O)c3ccccc3C12. The molecule has 0 saturated heterocycles. The Kier molecular flexibility index (Phi) is 3.61. The van der Waals surface area contributed by atoms with Crippen molar-refractivity contribution >= 4 is 23.7 Å². The maximum Gasteiger partial charge on any atom is 0.336 e. The number of hydrogen-bond donors (Lipinski definition) is 1. The number of esters is 1. The molecule has 1 N–H and O–H groups in total. The van der Waals surface area contributed by atoms with E-state index in [0.29, 0.717) is 34.5 Å². The standard InChI is InChI=1S/C17H16N2O4/c1-9-14-13(8-20)19(22)12-7-5-4-6-11(12)16(14)15(10(2)18-9)17(21)23-3/h4-8,16,22H,1-3H3. The van der Waals surface area contributed by atoms with Crippen molar-refractivity contribution in [2.75, 3.05) is 12.2 Å². The van der Waals surface area contributed by atoms with E-state index >= 15 is 0 Å². The van der Waals surface area contributed by atoms with E-state index in [1.165, 1.54) is 7.11 Å². The van der Waals surface area contributed by atoms with Gasteiger partial charge >= 0.3 is 5.97 Å². The zero-order valence-corrected chi connectivity index (χ0v) is 13.0. The fourth-order valence-corrected chi connectivity index (χ4v) is 3.24. The molecule has 118 valence electrons. The predicted molar refractivity (Wildman–Crippen MR) is 84.4 cm³/mol. The number of allylic oxidation sites excluding steroid dienone is 3. The lowest BCUT2D eigenvalue weighted by atomic mass is 9.76. The zero-order valence-electron chi connectivity index (χ0n) is 13.0. The Balaban J connectivity index is 2.37. The number of methoxy groups -OCH3 is 1. The van der Waals surface area contributed by atoms with Gasteiger partial charge in [0.05, 0.1) is 18.4 Å². The van der Waals surface area contributed by atoms with Crippen LogP contribution in [0.2, 0.25) is 0 Å². The van der Waals surface area contributed by atoms with E-state index in [2.05, 4.69) is 4.99 Å². The van der Waals surface area contributed by atoms with E-state index < -0.39 is 11.9 Å². The summed E-state index contributed by atoms with van der Waals surface area (Å²) in [6, 6.07) is 7.09. The molecule has 0 radical (unpaired) electrons. The van der Waals surface area contributed by atoms with Crippen molar-refractivity contribution in [2.24, 2.45) is 4.99 Å². The summed E-state index contributed by atoms with van der Waals surface area (Å²) >= 11 is 0. The molecular formula is C17H16N2O4. The average molecular weight is 312 g/mol. The number of fused-ring (bicyclic) bond motifs is 3. The third-order valence-electron chi connectivity index (χ3n) is 4.19. The molecule has 6 heteroatoms. The van der Waals surface area contributed by atoms with Gasteiger partial charge in [-0.3, -0.25) is 15.0 Å². The van der Waals surface area contributed by atoms with Gasteiger partial charge in [-0.2, -0.15) is 0 Å². The summed E-state index contributed by atoms with van der Waals surface area (Å²) in [6.45, 7) is 3.49. The van der Waals surface area contributed by atoms with Crippen molar-refractivity contribution in [2.45, 2.75) is 19.8 Å². The maximum atomic E-state index is 12.3. The maximum absolute atomic E-state index is 12.3. The first-order valence-corrected chi connectivity index (χ1v) is 7.13. The third-order valence-corrected chi connectivity index (χ3v) is 4.19. The second kappa shape index (κ2) is 5.48. The first kappa shape index (κ1) is 15.2. The molecule has 0 aromatic heterocycles. The monoisotopic (exact) mass is 312 g/mol. The number of benzene rings is 1. The van der Waals surface area contributed by atoms with Crippen LogP contribution in [-0.2, 0) is 14.3 Å². The molecule has 0 bridgehead atoms.